The molecule has 1 atom stereocenters. The molecule has 0 aromatic heterocycles. The second kappa shape index (κ2) is 9.43. The highest BCUT2D eigenvalue weighted by Crippen LogP contribution is 2.27. The lowest BCUT2D eigenvalue weighted by Crippen LogP contribution is -2.54. The molecule has 2 aromatic rings. The third-order valence-corrected chi connectivity index (χ3v) is 4.97. The molecule has 2 amide bonds. The zero-order valence-electron chi connectivity index (χ0n) is 16.9. The lowest BCUT2D eigenvalue weighted by Gasteiger charge is -2.34. The van der Waals surface area contributed by atoms with Crippen molar-refractivity contribution in [3.8, 4) is 11.5 Å². The Morgan fingerprint density at radius 1 is 1.17 bits per heavy atom. The van der Waals surface area contributed by atoms with Gasteiger partial charge in [-0.3, -0.25) is 9.59 Å². The maximum atomic E-state index is 12.9. The van der Waals surface area contributed by atoms with Crippen LogP contribution < -0.4 is 14.8 Å². The van der Waals surface area contributed by atoms with Gasteiger partial charge in [-0.2, -0.15) is 0 Å². The fourth-order valence-electron chi connectivity index (χ4n) is 3.24. The summed E-state index contributed by atoms with van der Waals surface area (Å²) in [6, 6.07) is 12.3. The number of nitrogens with zero attached hydrogens (tertiary/aromatic N) is 1. The van der Waals surface area contributed by atoms with Gasteiger partial charge < -0.3 is 24.4 Å². The lowest BCUT2D eigenvalue weighted by molar-refractivity contribution is -0.154. The molecule has 7 heteroatoms. The first kappa shape index (κ1) is 20.7. The largest absolute Gasteiger partial charge is 0.497 e. The number of nitrogens with one attached hydrogen (secondary N) is 1. The van der Waals surface area contributed by atoms with Crippen LogP contribution in [0.15, 0.2) is 42.5 Å². The summed E-state index contributed by atoms with van der Waals surface area (Å²) in [4.78, 5) is 26.9. The molecule has 29 heavy (non-hydrogen) atoms. The number of anilines is 1. The Morgan fingerprint density at radius 3 is 2.59 bits per heavy atom. The molecule has 7 nitrogen and oxygen atoms in total. The first-order valence-corrected chi connectivity index (χ1v) is 9.53. The second-order valence-corrected chi connectivity index (χ2v) is 6.77. The van der Waals surface area contributed by atoms with Gasteiger partial charge in [0.2, 0.25) is 11.8 Å². The van der Waals surface area contributed by atoms with Crippen molar-refractivity contribution in [1.82, 2.24) is 4.90 Å². The zero-order chi connectivity index (χ0) is 20.8. The Bertz CT molecular complexity index is 866. The zero-order valence-corrected chi connectivity index (χ0v) is 16.9. The molecule has 1 aliphatic heterocycles. The number of aryl methyl sites for hydroxylation is 1. The quantitative estimate of drug-likeness (QED) is 0.776. The van der Waals surface area contributed by atoms with Crippen molar-refractivity contribution in [2.45, 2.75) is 25.9 Å². The topological polar surface area (TPSA) is 77.1 Å². The molecule has 0 radical (unpaired) electrons. The van der Waals surface area contributed by atoms with Gasteiger partial charge in [0.25, 0.3) is 0 Å². The van der Waals surface area contributed by atoms with Gasteiger partial charge >= 0.3 is 0 Å². The fourth-order valence-corrected chi connectivity index (χ4v) is 3.24. The normalized spacial score (nSPS) is 16.4. The van der Waals surface area contributed by atoms with Gasteiger partial charge in [0, 0.05) is 17.3 Å². The summed E-state index contributed by atoms with van der Waals surface area (Å²) >= 11 is 0. The van der Waals surface area contributed by atoms with E-state index >= 15 is 0 Å². The van der Waals surface area contributed by atoms with Crippen LogP contribution >= 0.6 is 0 Å². The average molecular weight is 398 g/mol. The van der Waals surface area contributed by atoms with E-state index in [0.29, 0.717) is 17.2 Å². The SMILES string of the molecule is CCc1ccc(NC(=O)[C@@H]2COCC(=O)N2Cc2ccc(OC)cc2OC)cc1. The highest BCUT2D eigenvalue weighted by molar-refractivity contribution is 5.98. The van der Waals surface area contributed by atoms with Crippen LogP contribution in [-0.2, 0) is 27.3 Å². The first-order valence-electron chi connectivity index (χ1n) is 9.53. The molecule has 0 aliphatic carbocycles. The highest BCUT2D eigenvalue weighted by Gasteiger charge is 2.34. The minimum atomic E-state index is -0.728. The van der Waals surface area contributed by atoms with Crippen molar-refractivity contribution in [3.05, 3.63) is 53.6 Å². The van der Waals surface area contributed by atoms with E-state index in [4.69, 9.17) is 14.2 Å². The number of benzene rings is 2. The molecular formula is C22H26N2O5. The van der Waals surface area contributed by atoms with Crippen LogP contribution in [0.5, 0.6) is 11.5 Å². The minimum Gasteiger partial charge on any atom is -0.497 e. The van der Waals surface area contributed by atoms with Crippen molar-refractivity contribution in [2.24, 2.45) is 0 Å². The molecule has 0 bridgehead atoms. The van der Waals surface area contributed by atoms with E-state index in [1.54, 1.807) is 26.4 Å². The molecule has 0 spiro atoms. The third kappa shape index (κ3) is 4.86. The number of rotatable bonds is 7. The van der Waals surface area contributed by atoms with E-state index in [0.717, 1.165) is 12.0 Å². The van der Waals surface area contributed by atoms with Gasteiger partial charge in [-0.1, -0.05) is 19.1 Å². The van der Waals surface area contributed by atoms with Gasteiger partial charge in [0.15, 0.2) is 0 Å². The van der Waals surface area contributed by atoms with Gasteiger partial charge in [-0.25, -0.2) is 0 Å². The van der Waals surface area contributed by atoms with Gasteiger partial charge in [-0.15, -0.1) is 0 Å². The van der Waals surface area contributed by atoms with Crippen LogP contribution in [0.2, 0.25) is 0 Å². The smallest absolute Gasteiger partial charge is 0.249 e. The summed E-state index contributed by atoms with van der Waals surface area (Å²) < 4.78 is 16.0. The van der Waals surface area contributed by atoms with Crippen molar-refractivity contribution in [1.29, 1.82) is 0 Å². The van der Waals surface area contributed by atoms with E-state index in [1.807, 2.05) is 30.3 Å². The Kier molecular flexibility index (Phi) is 6.72. The molecule has 1 aliphatic rings. The fraction of sp³-hybridized carbons (Fsp3) is 0.364. The molecule has 0 saturated carbocycles. The van der Waals surface area contributed by atoms with E-state index in [1.165, 1.54) is 10.5 Å². The summed E-state index contributed by atoms with van der Waals surface area (Å²) in [5, 5.41) is 2.88. The number of amides is 2. The van der Waals surface area contributed by atoms with Crippen LogP contribution in [0.1, 0.15) is 18.1 Å². The molecule has 3 rings (SSSR count). The summed E-state index contributed by atoms with van der Waals surface area (Å²) in [6.07, 6.45) is 0.927. The molecule has 0 unspecified atom stereocenters. The Hall–Kier alpha value is -3.06. The highest BCUT2D eigenvalue weighted by atomic mass is 16.5. The predicted octanol–water partition coefficient (Wildman–Crippen LogP) is 2.63. The summed E-state index contributed by atoms with van der Waals surface area (Å²) in [7, 11) is 3.14. The summed E-state index contributed by atoms with van der Waals surface area (Å²) in [5.41, 5.74) is 2.66. The predicted molar refractivity (Wildman–Crippen MR) is 109 cm³/mol. The van der Waals surface area contributed by atoms with Crippen LogP contribution in [0.4, 0.5) is 5.69 Å². The Balaban J connectivity index is 1.78. The van der Waals surface area contributed by atoms with Crippen LogP contribution in [-0.4, -0.2) is 50.2 Å². The molecule has 1 saturated heterocycles. The van der Waals surface area contributed by atoms with Crippen molar-refractivity contribution >= 4 is 17.5 Å². The van der Waals surface area contributed by atoms with E-state index < -0.39 is 6.04 Å². The molecular weight excluding hydrogens is 372 g/mol. The molecule has 1 fully saturated rings. The maximum Gasteiger partial charge on any atom is 0.249 e. The van der Waals surface area contributed by atoms with Crippen molar-refractivity contribution in [2.75, 3.05) is 32.8 Å². The van der Waals surface area contributed by atoms with Crippen LogP contribution in [0, 0.1) is 0 Å². The summed E-state index contributed by atoms with van der Waals surface area (Å²) in [6.45, 7) is 2.41. The Morgan fingerprint density at radius 2 is 1.93 bits per heavy atom. The van der Waals surface area contributed by atoms with E-state index in [9.17, 15) is 9.59 Å². The number of hydrogen-bond donors (Lipinski definition) is 1. The van der Waals surface area contributed by atoms with Gasteiger partial charge in [0.1, 0.15) is 24.1 Å². The molecule has 1 heterocycles. The second-order valence-electron chi connectivity index (χ2n) is 6.77. The van der Waals surface area contributed by atoms with Crippen LogP contribution in [0.25, 0.3) is 0 Å². The van der Waals surface area contributed by atoms with Crippen molar-refractivity contribution < 1.29 is 23.8 Å². The maximum absolute atomic E-state index is 12.9. The molecule has 154 valence electrons. The average Bonchev–Trinajstić information content (AvgIpc) is 2.75. The van der Waals surface area contributed by atoms with Gasteiger partial charge in [-0.05, 0) is 36.2 Å². The summed E-state index contributed by atoms with van der Waals surface area (Å²) in [5.74, 6) is 0.729. The van der Waals surface area contributed by atoms with E-state index in [-0.39, 0.29) is 31.6 Å². The number of methoxy groups -OCH3 is 2. The number of carbonyl (C=O) groups is 2. The van der Waals surface area contributed by atoms with Crippen molar-refractivity contribution in [3.63, 3.8) is 0 Å². The molecule has 1 N–H and O–H groups in total. The standard InChI is InChI=1S/C22H26N2O5/c1-4-15-5-8-17(9-6-15)23-22(26)19-13-29-14-21(25)24(19)12-16-7-10-18(27-2)11-20(16)28-3/h5-11,19H,4,12-14H2,1-3H3,(H,23,26)/t19-/m0/s1. The van der Waals surface area contributed by atoms with E-state index in [2.05, 4.69) is 12.2 Å². The number of hydrogen-bond acceptors (Lipinski definition) is 5. The number of ether oxygens (including phenoxy) is 3. The monoisotopic (exact) mass is 398 g/mol. The Labute approximate surface area is 170 Å². The van der Waals surface area contributed by atoms with Gasteiger partial charge in [0.05, 0.1) is 27.4 Å². The number of morpholine rings is 1. The lowest BCUT2D eigenvalue weighted by atomic mass is 10.1. The number of carbonyl (C=O) groups excluding carboxylic acids is 2. The molecule has 2 aromatic carbocycles. The third-order valence-electron chi connectivity index (χ3n) is 4.97. The van der Waals surface area contributed by atoms with Crippen LogP contribution in [0.3, 0.4) is 0 Å². The minimum absolute atomic E-state index is 0.0482. The first-order chi connectivity index (χ1) is 14.0.